The van der Waals surface area contributed by atoms with E-state index in [1.54, 1.807) is 6.20 Å². The van der Waals surface area contributed by atoms with Crippen LogP contribution in [0.3, 0.4) is 0 Å². The number of aryl methyl sites for hydroxylation is 2. The molecule has 33 heavy (non-hydrogen) atoms. The molecule has 1 N–H and O–H groups in total. The molecule has 0 saturated carbocycles. The first-order valence-corrected chi connectivity index (χ1v) is 10.8. The van der Waals surface area contributed by atoms with Crippen molar-refractivity contribution in [2.45, 2.75) is 13.8 Å². The van der Waals surface area contributed by atoms with Crippen molar-refractivity contribution in [3.63, 3.8) is 0 Å². The Morgan fingerprint density at radius 2 is 1.55 bits per heavy atom. The van der Waals surface area contributed by atoms with E-state index in [0.717, 1.165) is 44.1 Å². The third-order valence-electron chi connectivity index (χ3n) is 6.07. The first-order chi connectivity index (χ1) is 16.1. The molecule has 5 nitrogen and oxygen atoms in total. The molecule has 0 spiro atoms. The van der Waals surface area contributed by atoms with E-state index < -0.39 is 0 Å². The second-order valence-corrected chi connectivity index (χ2v) is 8.23. The van der Waals surface area contributed by atoms with Crippen LogP contribution in [-0.4, -0.2) is 19.6 Å². The van der Waals surface area contributed by atoms with Crippen LogP contribution >= 0.6 is 0 Å². The van der Waals surface area contributed by atoms with Gasteiger partial charge in [0.25, 0.3) is 0 Å². The number of para-hydroxylation sites is 1. The minimum atomic E-state index is 0.187. The highest BCUT2D eigenvalue weighted by molar-refractivity contribution is 6.09. The van der Waals surface area contributed by atoms with Gasteiger partial charge in [0.05, 0.1) is 11.0 Å². The first-order valence-electron chi connectivity index (χ1n) is 10.8. The summed E-state index contributed by atoms with van der Waals surface area (Å²) < 4.78 is 8.30. The van der Waals surface area contributed by atoms with E-state index in [9.17, 15) is 5.11 Å². The third kappa shape index (κ3) is 3.09. The summed E-state index contributed by atoms with van der Waals surface area (Å²) in [6, 6.07) is 26.0. The summed E-state index contributed by atoms with van der Waals surface area (Å²) in [6.07, 6.45) is 1.80. The molecule has 0 aliphatic carbocycles. The van der Waals surface area contributed by atoms with Crippen LogP contribution in [0.4, 0.5) is 0 Å². The van der Waals surface area contributed by atoms with Gasteiger partial charge in [-0.2, -0.15) is 0 Å². The van der Waals surface area contributed by atoms with E-state index in [4.69, 9.17) is 4.74 Å². The highest BCUT2D eigenvalue weighted by atomic mass is 16.5. The Balaban J connectivity index is 1.51. The van der Waals surface area contributed by atoms with E-state index in [1.807, 2.05) is 74.5 Å². The number of rotatable bonds is 3. The molecule has 0 aliphatic rings. The normalized spacial score (nSPS) is 11.5. The van der Waals surface area contributed by atoms with Gasteiger partial charge < -0.3 is 9.84 Å². The molecule has 0 amide bonds. The molecule has 0 unspecified atom stereocenters. The van der Waals surface area contributed by atoms with E-state index in [2.05, 4.69) is 32.7 Å². The van der Waals surface area contributed by atoms with Crippen molar-refractivity contribution >= 4 is 32.7 Å². The second kappa shape index (κ2) is 7.35. The summed E-state index contributed by atoms with van der Waals surface area (Å²) in [4.78, 5) is 9.18. The zero-order chi connectivity index (χ0) is 22.5. The Morgan fingerprint density at radius 3 is 2.39 bits per heavy atom. The molecule has 0 aliphatic heterocycles. The van der Waals surface area contributed by atoms with Crippen LogP contribution in [0.1, 0.15) is 11.1 Å². The van der Waals surface area contributed by atoms with Crippen molar-refractivity contribution in [2.75, 3.05) is 0 Å². The van der Waals surface area contributed by atoms with Crippen LogP contribution in [0.25, 0.3) is 38.5 Å². The Morgan fingerprint density at radius 1 is 0.758 bits per heavy atom. The number of aromatic hydroxyl groups is 1. The number of hydrogen-bond donors (Lipinski definition) is 1. The minimum Gasteiger partial charge on any atom is -0.505 e. The van der Waals surface area contributed by atoms with Crippen molar-refractivity contribution in [1.29, 1.82) is 0 Å². The molecular weight excluding hydrogens is 410 g/mol. The number of phenols is 1. The summed E-state index contributed by atoms with van der Waals surface area (Å²) in [5, 5.41) is 13.7. The predicted octanol–water partition coefficient (Wildman–Crippen LogP) is 6.84. The SMILES string of the molecule is Cc1cc(C)c2ccc(Oc3ccc4c5ccccc5n(-c5ccccn5)c4c3)nc2c1O. The number of ether oxygens (including phenoxy) is 1. The quantitative estimate of drug-likeness (QED) is 0.333. The summed E-state index contributed by atoms with van der Waals surface area (Å²) in [7, 11) is 0. The molecule has 6 rings (SSSR count). The zero-order valence-electron chi connectivity index (χ0n) is 18.3. The fourth-order valence-corrected chi connectivity index (χ4v) is 4.52. The van der Waals surface area contributed by atoms with Crippen molar-refractivity contribution in [1.82, 2.24) is 14.5 Å². The molecule has 0 atom stereocenters. The van der Waals surface area contributed by atoms with Gasteiger partial charge in [0.2, 0.25) is 5.88 Å². The smallest absolute Gasteiger partial charge is 0.219 e. The van der Waals surface area contributed by atoms with Gasteiger partial charge in [-0.05, 0) is 61.4 Å². The molecule has 0 radical (unpaired) electrons. The van der Waals surface area contributed by atoms with Gasteiger partial charge in [0, 0.05) is 34.5 Å². The molecule has 0 saturated heterocycles. The number of fused-ring (bicyclic) bond motifs is 4. The lowest BCUT2D eigenvalue weighted by molar-refractivity contribution is 0.459. The zero-order valence-corrected chi connectivity index (χ0v) is 18.3. The second-order valence-electron chi connectivity index (χ2n) is 8.23. The minimum absolute atomic E-state index is 0.187. The monoisotopic (exact) mass is 431 g/mol. The van der Waals surface area contributed by atoms with Gasteiger partial charge in [0.15, 0.2) is 0 Å². The highest BCUT2D eigenvalue weighted by Crippen LogP contribution is 2.36. The maximum absolute atomic E-state index is 10.5. The average Bonchev–Trinajstić information content (AvgIpc) is 3.17. The molecule has 0 fully saturated rings. The van der Waals surface area contributed by atoms with E-state index in [1.165, 1.54) is 0 Å². The maximum atomic E-state index is 10.5. The van der Waals surface area contributed by atoms with Crippen molar-refractivity contribution in [3.05, 3.63) is 96.2 Å². The van der Waals surface area contributed by atoms with Crippen LogP contribution in [0.15, 0.2) is 85.1 Å². The van der Waals surface area contributed by atoms with Gasteiger partial charge in [0.1, 0.15) is 22.8 Å². The fraction of sp³-hybridized carbons (Fsp3) is 0.0714. The van der Waals surface area contributed by atoms with E-state index in [0.29, 0.717) is 17.1 Å². The fourth-order valence-electron chi connectivity index (χ4n) is 4.52. The largest absolute Gasteiger partial charge is 0.505 e. The molecule has 5 heteroatoms. The van der Waals surface area contributed by atoms with E-state index >= 15 is 0 Å². The Kier molecular flexibility index (Phi) is 4.30. The number of hydrogen-bond acceptors (Lipinski definition) is 4. The summed E-state index contributed by atoms with van der Waals surface area (Å²) >= 11 is 0. The Bertz CT molecular complexity index is 1670. The Hall–Kier alpha value is -4.38. The lowest BCUT2D eigenvalue weighted by Crippen LogP contribution is -1.96. The lowest BCUT2D eigenvalue weighted by atomic mass is 10.1. The van der Waals surface area contributed by atoms with Crippen molar-refractivity contribution in [2.24, 2.45) is 0 Å². The third-order valence-corrected chi connectivity index (χ3v) is 6.07. The number of benzene rings is 3. The number of phenolic OH excluding ortho intramolecular Hbond substituents is 1. The van der Waals surface area contributed by atoms with Crippen LogP contribution in [0, 0.1) is 13.8 Å². The topological polar surface area (TPSA) is 60.2 Å². The first kappa shape index (κ1) is 19.3. The summed E-state index contributed by atoms with van der Waals surface area (Å²) in [5.74, 6) is 2.13. The predicted molar refractivity (Wildman–Crippen MR) is 132 cm³/mol. The number of nitrogens with zero attached hydrogens (tertiary/aromatic N) is 3. The lowest BCUT2D eigenvalue weighted by Gasteiger charge is -2.11. The number of aromatic nitrogens is 3. The molecule has 3 heterocycles. The molecular formula is C28H21N3O2. The van der Waals surface area contributed by atoms with Crippen molar-refractivity contribution in [3.8, 4) is 23.2 Å². The van der Waals surface area contributed by atoms with Gasteiger partial charge in [-0.3, -0.25) is 4.57 Å². The van der Waals surface area contributed by atoms with Gasteiger partial charge in [-0.15, -0.1) is 0 Å². The van der Waals surface area contributed by atoms with Crippen LogP contribution in [0.5, 0.6) is 17.4 Å². The van der Waals surface area contributed by atoms with Crippen LogP contribution in [-0.2, 0) is 0 Å². The average molecular weight is 431 g/mol. The van der Waals surface area contributed by atoms with Gasteiger partial charge in [-0.25, -0.2) is 9.97 Å². The van der Waals surface area contributed by atoms with E-state index in [-0.39, 0.29) is 5.75 Å². The van der Waals surface area contributed by atoms with Gasteiger partial charge >= 0.3 is 0 Å². The molecule has 3 aromatic heterocycles. The number of pyridine rings is 2. The molecule has 0 bridgehead atoms. The summed E-state index contributed by atoms with van der Waals surface area (Å²) in [6.45, 7) is 3.89. The molecule has 3 aromatic carbocycles. The maximum Gasteiger partial charge on any atom is 0.219 e. The van der Waals surface area contributed by atoms with Crippen LogP contribution < -0.4 is 4.74 Å². The standard InChI is InChI=1S/C28H21N3O2/c1-17-15-18(2)28(32)27-20(17)12-13-26(30-27)33-19-10-11-22-21-7-3-4-8-23(21)31(24(22)16-19)25-9-5-6-14-29-25/h3-16,32H,1-2H3. The summed E-state index contributed by atoms with van der Waals surface area (Å²) in [5.41, 5.74) is 4.51. The molecule has 6 aromatic rings. The Labute approximate surface area is 190 Å². The van der Waals surface area contributed by atoms with Crippen molar-refractivity contribution < 1.29 is 9.84 Å². The highest BCUT2D eigenvalue weighted by Gasteiger charge is 2.15. The molecule has 160 valence electrons. The van der Waals surface area contributed by atoms with Gasteiger partial charge in [-0.1, -0.05) is 30.3 Å². The van der Waals surface area contributed by atoms with Crippen LogP contribution in [0.2, 0.25) is 0 Å².